The van der Waals surface area contributed by atoms with Gasteiger partial charge in [-0.1, -0.05) is 78.9 Å². The Balaban J connectivity index is 1.33. The molecule has 51 heavy (non-hydrogen) atoms. The van der Waals surface area contributed by atoms with Gasteiger partial charge in [0.25, 0.3) is 11.8 Å². The van der Waals surface area contributed by atoms with Gasteiger partial charge in [0.1, 0.15) is 11.6 Å². The maximum Gasteiger partial charge on any atom is 0.260 e. The zero-order valence-electron chi connectivity index (χ0n) is 28.1. The summed E-state index contributed by atoms with van der Waals surface area (Å²) in [4.78, 5) is 60.2. The zero-order valence-corrected chi connectivity index (χ0v) is 28.8. The molecule has 0 bridgehead atoms. The molecule has 3 aromatic rings. The summed E-state index contributed by atoms with van der Waals surface area (Å²) in [6.45, 7) is 3.86. The van der Waals surface area contributed by atoms with Gasteiger partial charge in [-0.15, -0.1) is 6.58 Å². The first-order valence-electron chi connectivity index (χ1n) is 17.8. The number of benzene rings is 3. The van der Waals surface area contributed by atoms with E-state index in [1.807, 2.05) is 12.1 Å². The van der Waals surface area contributed by atoms with Crippen molar-refractivity contribution in [3.05, 3.63) is 119 Å². The normalized spacial score (nSPS) is 29.1. The van der Waals surface area contributed by atoms with Crippen molar-refractivity contribution in [3.63, 3.8) is 0 Å². The summed E-state index contributed by atoms with van der Waals surface area (Å²) in [5, 5.41) is 13.4. The second-order valence-corrected chi connectivity index (χ2v) is 15.0. The standard InChI is InChI=1S/C41H39ClFN3O5/c1-2-7-23-8-6-11-31(36(23)47)35-29-20-21-30-34(39(50)45(37(30)48)28-9-4-3-5-10-28)32(29)22-33-38(49)46(44-27-18-16-26(43)17-19-27)40(51)41(33,35)24-12-14-25(42)15-13-24/h2,6,8,11-20,28,30,32-35,44,47H,1,3-5,7,9-10,21-22H2/t30-,32+,33-,34-,35+,41+/m0/s1. The molecule has 4 fully saturated rings. The number of nitrogens with zero attached hydrogens (tertiary/aromatic N) is 2. The number of phenolic OH excluding ortho intramolecular Hbond substituents is 1. The zero-order chi connectivity index (χ0) is 35.6. The van der Waals surface area contributed by atoms with Gasteiger partial charge < -0.3 is 5.11 Å². The number of hydrogen-bond acceptors (Lipinski definition) is 6. The summed E-state index contributed by atoms with van der Waals surface area (Å²) >= 11 is 6.38. The third-order valence-electron chi connectivity index (χ3n) is 12.1. The summed E-state index contributed by atoms with van der Waals surface area (Å²) in [5.74, 6) is -5.52. The van der Waals surface area contributed by atoms with Crippen LogP contribution in [0.15, 0.2) is 91.0 Å². The van der Waals surface area contributed by atoms with Crippen LogP contribution in [0, 0.1) is 29.5 Å². The first-order chi connectivity index (χ1) is 24.7. The van der Waals surface area contributed by atoms with Crippen LogP contribution in [0.3, 0.4) is 0 Å². The number of nitrogens with one attached hydrogen (secondary N) is 1. The van der Waals surface area contributed by atoms with Gasteiger partial charge in [0.2, 0.25) is 11.8 Å². The summed E-state index contributed by atoms with van der Waals surface area (Å²) in [7, 11) is 0. The van der Waals surface area contributed by atoms with Crippen LogP contribution in [-0.2, 0) is 31.0 Å². The average Bonchev–Trinajstić information content (AvgIpc) is 3.51. The summed E-state index contributed by atoms with van der Waals surface area (Å²) < 4.78 is 13.9. The highest BCUT2D eigenvalue weighted by Gasteiger charge is 2.70. The van der Waals surface area contributed by atoms with Crippen LogP contribution in [0.1, 0.15) is 67.6 Å². The molecule has 3 aliphatic carbocycles. The summed E-state index contributed by atoms with van der Waals surface area (Å²) in [6.07, 6.45) is 9.08. The van der Waals surface area contributed by atoms with Crippen molar-refractivity contribution in [1.29, 1.82) is 0 Å². The molecule has 2 aliphatic heterocycles. The van der Waals surface area contributed by atoms with E-state index in [-0.39, 0.29) is 30.0 Å². The van der Waals surface area contributed by atoms with Crippen molar-refractivity contribution in [2.75, 3.05) is 5.43 Å². The minimum absolute atomic E-state index is 0.0130. The van der Waals surface area contributed by atoms with Crippen molar-refractivity contribution in [3.8, 4) is 5.75 Å². The van der Waals surface area contributed by atoms with Crippen LogP contribution in [0.5, 0.6) is 5.75 Å². The Morgan fingerprint density at radius 1 is 0.922 bits per heavy atom. The minimum Gasteiger partial charge on any atom is -0.507 e. The third kappa shape index (κ3) is 5.06. The SMILES string of the molecule is C=CCc1cccc([C@H]2C3=CC[C@@H]4C(=O)N(C5CCCCC5)C(=O)[C@@H]4[C@@H]3C[C@H]3C(=O)N(Nc4ccc(F)cc4)C(=O)[C@@]23c2ccc(Cl)cc2)c1O. The van der Waals surface area contributed by atoms with E-state index in [1.54, 1.807) is 42.5 Å². The molecule has 5 aliphatic rings. The molecule has 10 heteroatoms. The second-order valence-electron chi connectivity index (χ2n) is 14.6. The number of phenols is 1. The molecule has 8 rings (SSSR count). The van der Waals surface area contributed by atoms with Gasteiger partial charge in [-0.05, 0) is 85.5 Å². The number of fused-ring (bicyclic) bond motifs is 4. The Labute approximate surface area is 300 Å². The Hall–Kier alpha value is -4.76. The molecule has 0 spiro atoms. The molecule has 4 amide bonds. The number of likely N-dealkylation sites (tertiary alicyclic amines) is 1. The van der Waals surface area contributed by atoms with Gasteiger partial charge in [-0.25, -0.2) is 4.39 Å². The lowest BCUT2D eigenvalue weighted by atomic mass is 9.49. The fraction of sp³-hybridized carbons (Fsp3) is 0.366. The topological polar surface area (TPSA) is 107 Å². The van der Waals surface area contributed by atoms with Gasteiger partial charge in [-0.3, -0.25) is 29.5 Å². The lowest BCUT2D eigenvalue weighted by molar-refractivity contribution is -0.144. The van der Waals surface area contributed by atoms with E-state index < -0.39 is 52.6 Å². The van der Waals surface area contributed by atoms with Crippen molar-refractivity contribution in [2.45, 2.75) is 68.7 Å². The molecule has 2 saturated heterocycles. The maximum absolute atomic E-state index is 15.3. The largest absolute Gasteiger partial charge is 0.507 e. The highest BCUT2D eigenvalue weighted by Crippen LogP contribution is 2.65. The second kappa shape index (κ2) is 12.8. The number of carbonyl (C=O) groups is 4. The molecule has 8 nitrogen and oxygen atoms in total. The number of aromatic hydroxyl groups is 1. The van der Waals surface area contributed by atoms with Gasteiger partial charge in [-0.2, -0.15) is 5.01 Å². The molecule has 2 N–H and O–H groups in total. The number of allylic oxidation sites excluding steroid dienone is 3. The molecule has 2 heterocycles. The van der Waals surface area contributed by atoms with E-state index in [4.69, 9.17) is 11.6 Å². The first-order valence-corrected chi connectivity index (χ1v) is 18.2. The highest BCUT2D eigenvalue weighted by atomic mass is 35.5. The van der Waals surface area contributed by atoms with Gasteiger partial charge in [0.15, 0.2) is 0 Å². The quantitative estimate of drug-likeness (QED) is 0.198. The van der Waals surface area contributed by atoms with Crippen molar-refractivity contribution < 1.29 is 28.7 Å². The molecule has 0 radical (unpaired) electrons. The fourth-order valence-electron chi connectivity index (χ4n) is 9.89. The molecule has 3 aromatic carbocycles. The number of anilines is 1. The van der Waals surface area contributed by atoms with Crippen molar-refractivity contribution in [2.24, 2.45) is 23.7 Å². The van der Waals surface area contributed by atoms with E-state index in [0.717, 1.165) is 42.7 Å². The lowest BCUT2D eigenvalue weighted by Crippen LogP contribution is -2.53. The number of amides is 4. The summed E-state index contributed by atoms with van der Waals surface area (Å²) in [6, 6.07) is 17.5. The Morgan fingerprint density at radius 3 is 2.35 bits per heavy atom. The number of para-hydroxylation sites is 1. The van der Waals surface area contributed by atoms with E-state index in [2.05, 4.69) is 12.0 Å². The predicted molar refractivity (Wildman–Crippen MR) is 190 cm³/mol. The monoisotopic (exact) mass is 707 g/mol. The molecular formula is C41H39ClFN3O5. The van der Waals surface area contributed by atoms with E-state index in [1.165, 1.54) is 29.2 Å². The third-order valence-corrected chi connectivity index (χ3v) is 12.3. The average molecular weight is 708 g/mol. The maximum atomic E-state index is 15.3. The van der Waals surface area contributed by atoms with Gasteiger partial charge >= 0.3 is 0 Å². The number of carbonyl (C=O) groups excluding carboxylic acids is 4. The number of hydrazine groups is 1. The number of halogens is 2. The van der Waals surface area contributed by atoms with Gasteiger partial charge in [0.05, 0.1) is 28.9 Å². The van der Waals surface area contributed by atoms with Crippen molar-refractivity contribution >= 4 is 40.9 Å². The lowest BCUT2D eigenvalue weighted by Gasteiger charge is -2.50. The molecule has 2 saturated carbocycles. The van der Waals surface area contributed by atoms with Crippen LogP contribution in [0.4, 0.5) is 10.1 Å². The molecular weight excluding hydrogens is 669 g/mol. The number of imide groups is 2. The number of hydrogen-bond donors (Lipinski definition) is 2. The Bertz CT molecular complexity index is 1970. The highest BCUT2D eigenvalue weighted by molar-refractivity contribution is 6.30. The Kier molecular flexibility index (Phi) is 8.37. The smallest absolute Gasteiger partial charge is 0.260 e. The van der Waals surface area contributed by atoms with E-state index in [9.17, 15) is 23.9 Å². The predicted octanol–water partition coefficient (Wildman–Crippen LogP) is 7.23. The van der Waals surface area contributed by atoms with Crippen LogP contribution in [-0.4, -0.2) is 44.7 Å². The van der Waals surface area contributed by atoms with E-state index in [0.29, 0.717) is 40.2 Å². The fourth-order valence-corrected chi connectivity index (χ4v) is 10.0. The van der Waals surface area contributed by atoms with Crippen LogP contribution in [0.25, 0.3) is 0 Å². The van der Waals surface area contributed by atoms with Crippen LogP contribution < -0.4 is 5.43 Å². The minimum atomic E-state index is -1.57. The van der Waals surface area contributed by atoms with Crippen molar-refractivity contribution in [1.82, 2.24) is 9.91 Å². The molecule has 0 aromatic heterocycles. The first kappa shape index (κ1) is 33.4. The molecule has 0 unspecified atom stereocenters. The van der Waals surface area contributed by atoms with Gasteiger partial charge in [0, 0.05) is 22.5 Å². The van der Waals surface area contributed by atoms with E-state index >= 15 is 4.79 Å². The molecule has 262 valence electrons. The van der Waals surface area contributed by atoms with Crippen LogP contribution in [0.2, 0.25) is 5.02 Å². The number of rotatable bonds is 7. The summed E-state index contributed by atoms with van der Waals surface area (Å²) in [5.41, 5.74) is 4.10. The van der Waals surface area contributed by atoms with Crippen LogP contribution >= 0.6 is 11.6 Å². The Morgan fingerprint density at radius 2 is 1.65 bits per heavy atom. The molecule has 6 atom stereocenters.